The molecule has 1 saturated heterocycles. The molecule has 3 aromatic rings. The van der Waals surface area contributed by atoms with Gasteiger partial charge in [0, 0.05) is 0 Å². The number of ether oxygens (including phenoxy) is 2. The van der Waals surface area contributed by atoms with Crippen LogP contribution in [0.15, 0.2) is 84.9 Å². The first-order valence-electron chi connectivity index (χ1n) is 10.9. The van der Waals surface area contributed by atoms with Gasteiger partial charge in [-0.2, -0.15) is 0 Å². The molecular formula is C26H23N3O6. The number of carbonyl (C=O) groups excluding carboxylic acids is 4. The molecule has 1 unspecified atom stereocenters. The highest BCUT2D eigenvalue weighted by Gasteiger charge is 2.45. The van der Waals surface area contributed by atoms with Gasteiger partial charge in [0.05, 0.1) is 24.8 Å². The second-order valence-electron chi connectivity index (χ2n) is 7.64. The topological polar surface area (TPSA) is 105 Å². The number of amides is 4. The van der Waals surface area contributed by atoms with Crippen LogP contribution in [0.2, 0.25) is 0 Å². The normalized spacial score (nSPS) is 15.0. The summed E-state index contributed by atoms with van der Waals surface area (Å²) in [5.41, 5.74) is 2.97. The molecule has 178 valence electrons. The third-order valence-corrected chi connectivity index (χ3v) is 5.36. The number of anilines is 1. The van der Waals surface area contributed by atoms with Crippen LogP contribution in [0.25, 0.3) is 0 Å². The molecule has 0 bridgehead atoms. The maximum Gasteiger partial charge on any atom is 0.276 e. The Kier molecular flexibility index (Phi) is 7.06. The predicted molar refractivity (Wildman–Crippen MR) is 127 cm³/mol. The van der Waals surface area contributed by atoms with Crippen molar-refractivity contribution in [2.24, 2.45) is 0 Å². The minimum atomic E-state index is -1.25. The zero-order chi connectivity index (χ0) is 24.8. The predicted octanol–water partition coefficient (Wildman–Crippen LogP) is 2.58. The van der Waals surface area contributed by atoms with E-state index >= 15 is 0 Å². The summed E-state index contributed by atoms with van der Waals surface area (Å²) in [6.45, 7) is -0.406. The fourth-order valence-electron chi connectivity index (χ4n) is 3.72. The number of hydrogen-bond acceptors (Lipinski definition) is 6. The van der Waals surface area contributed by atoms with Gasteiger partial charge in [-0.1, -0.05) is 48.5 Å². The number of nitrogens with zero attached hydrogens (tertiary/aromatic N) is 2. The molecule has 3 aromatic carbocycles. The highest BCUT2D eigenvalue weighted by Crippen LogP contribution is 2.27. The molecule has 9 heteroatoms. The summed E-state index contributed by atoms with van der Waals surface area (Å²) in [5, 5.41) is 0.887. The zero-order valence-corrected chi connectivity index (χ0v) is 18.9. The van der Waals surface area contributed by atoms with Crippen LogP contribution in [-0.4, -0.2) is 48.4 Å². The maximum atomic E-state index is 13.5. The summed E-state index contributed by atoms with van der Waals surface area (Å²) < 4.78 is 10.7. The standard InChI is InChI=1S/C26H23N3O6/c1-34-22-15-9-8-14-20(22)25(32)29(27-23(30)17-35-19-12-6-3-7-13-19)21-16-24(31)28(26(21)33)18-10-4-2-5-11-18/h2-15,21H,16-17H2,1H3,(H,27,30). The summed E-state index contributed by atoms with van der Waals surface area (Å²) in [5.74, 6) is -1.76. The number of hydrogen-bond donors (Lipinski definition) is 1. The van der Waals surface area contributed by atoms with Crippen LogP contribution in [0, 0.1) is 0 Å². The number of nitrogens with one attached hydrogen (secondary N) is 1. The molecule has 35 heavy (non-hydrogen) atoms. The number of methoxy groups -OCH3 is 1. The van der Waals surface area contributed by atoms with Crippen molar-refractivity contribution in [1.82, 2.24) is 10.4 Å². The van der Waals surface area contributed by atoms with Gasteiger partial charge < -0.3 is 9.47 Å². The van der Waals surface area contributed by atoms with Crippen LogP contribution in [-0.2, 0) is 14.4 Å². The Balaban J connectivity index is 1.61. The third-order valence-electron chi connectivity index (χ3n) is 5.36. The Hall–Kier alpha value is -4.66. The van der Waals surface area contributed by atoms with Gasteiger partial charge in [-0.3, -0.25) is 24.6 Å². The molecule has 1 N–H and O–H groups in total. The van der Waals surface area contributed by atoms with E-state index < -0.39 is 36.3 Å². The van der Waals surface area contributed by atoms with Crippen LogP contribution in [0.1, 0.15) is 16.8 Å². The van der Waals surface area contributed by atoms with Gasteiger partial charge in [-0.05, 0) is 36.4 Å². The largest absolute Gasteiger partial charge is 0.496 e. The average Bonchev–Trinajstić information content (AvgIpc) is 3.19. The Labute approximate surface area is 201 Å². The fourth-order valence-corrected chi connectivity index (χ4v) is 3.72. The molecule has 4 amide bonds. The molecule has 1 aliphatic rings. The van der Waals surface area contributed by atoms with Crippen molar-refractivity contribution in [3.63, 3.8) is 0 Å². The summed E-state index contributed by atoms with van der Waals surface area (Å²) >= 11 is 0. The summed E-state index contributed by atoms with van der Waals surface area (Å²) in [6, 6.07) is 22.3. The van der Waals surface area contributed by atoms with E-state index in [1.54, 1.807) is 72.8 Å². The lowest BCUT2D eigenvalue weighted by atomic mass is 10.1. The number of para-hydroxylation sites is 3. The van der Waals surface area contributed by atoms with Gasteiger partial charge in [-0.25, -0.2) is 9.91 Å². The van der Waals surface area contributed by atoms with Crippen molar-refractivity contribution >= 4 is 29.3 Å². The molecule has 0 spiro atoms. The lowest BCUT2D eigenvalue weighted by Gasteiger charge is -2.28. The van der Waals surface area contributed by atoms with Crippen LogP contribution >= 0.6 is 0 Å². The first kappa shape index (κ1) is 23.5. The minimum Gasteiger partial charge on any atom is -0.496 e. The molecule has 0 aliphatic carbocycles. The summed E-state index contributed by atoms with van der Waals surface area (Å²) in [4.78, 5) is 53.4. The fraction of sp³-hybridized carbons (Fsp3) is 0.154. The number of rotatable bonds is 7. The SMILES string of the molecule is COc1ccccc1C(=O)N(NC(=O)COc1ccccc1)C1CC(=O)N(c2ccccc2)C1=O. The zero-order valence-electron chi connectivity index (χ0n) is 18.9. The molecular weight excluding hydrogens is 450 g/mol. The van der Waals surface area contributed by atoms with Crippen molar-refractivity contribution in [2.75, 3.05) is 18.6 Å². The summed E-state index contributed by atoms with van der Waals surface area (Å²) in [7, 11) is 1.41. The Morgan fingerprint density at radius 3 is 2.26 bits per heavy atom. The van der Waals surface area contributed by atoms with Crippen molar-refractivity contribution in [3.8, 4) is 11.5 Å². The first-order chi connectivity index (χ1) is 17.0. The molecule has 1 fully saturated rings. The molecule has 0 radical (unpaired) electrons. The number of benzene rings is 3. The third kappa shape index (κ3) is 5.14. The molecule has 4 rings (SSSR count). The van der Waals surface area contributed by atoms with Gasteiger partial charge in [0.25, 0.3) is 17.7 Å². The van der Waals surface area contributed by atoms with Crippen molar-refractivity contribution in [1.29, 1.82) is 0 Å². The van der Waals surface area contributed by atoms with Crippen LogP contribution in [0.5, 0.6) is 11.5 Å². The van der Waals surface area contributed by atoms with E-state index in [2.05, 4.69) is 5.43 Å². The van der Waals surface area contributed by atoms with Crippen LogP contribution in [0.4, 0.5) is 5.69 Å². The van der Waals surface area contributed by atoms with E-state index in [1.165, 1.54) is 13.2 Å². The van der Waals surface area contributed by atoms with Crippen LogP contribution in [0.3, 0.4) is 0 Å². The van der Waals surface area contributed by atoms with Crippen LogP contribution < -0.4 is 19.8 Å². The molecule has 9 nitrogen and oxygen atoms in total. The van der Waals surface area contributed by atoms with Gasteiger partial charge in [0.15, 0.2) is 6.61 Å². The number of carbonyl (C=O) groups is 4. The molecule has 0 saturated carbocycles. The minimum absolute atomic E-state index is 0.123. The van der Waals surface area contributed by atoms with E-state index in [1.807, 2.05) is 6.07 Å². The lowest BCUT2D eigenvalue weighted by molar-refractivity contribution is -0.130. The number of hydrazine groups is 1. The van der Waals surface area contributed by atoms with E-state index in [4.69, 9.17) is 9.47 Å². The second kappa shape index (κ2) is 10.5. The Morgan fingerprint density at radius 1 is 0.943 bits per heavy atom. The Bertz CT molecular complexity index is 1230. The quantitative estimate of drug-likeness (QED) is 0.418. The molecule has 0 aromatic heterocycles. The van der Waals surface area contributed by atoms with Gasteiger partial charge in [0.1, 0.15) is 17.5 Å². The number of imide groups is 1. The molecule has 1 heterocycles. The van der Waals surface area contributed by atoms with E-state index in [0.717, 1.165) is 9.91 Å². The average molecular weight is 473 g/mol. The highest BCUT2D eigenvalue weighted by atomic mass is 16.5. The van der Waals surface area contributed by atoms with E-state index in [9.17, 15) is 19.2 Å². The molecule has 1 aliphatic heterocycles. The van der Waals surface area contributed by atoms with E-state index in [-0.39, 0.29) is 17.7 Å². The van der Waals surface area contributed by atoms with Gasteiger partial charge >= 0.3 is 0 Å². The first-order valence-corrected chi connectivity index (χ1v) is 10.9. The maximum absolute atomic E-state index is 13.5. The van der Waals surface area contributed by atoms with Crippen molar-refractivity contribution in [2.45, 2.75) is 12.5 Å². The molecule has 1 atom stereocenters. The monoisotopic (exact) mass is 473 g/mol. The van der Waals surface area contributed by atoms with Crippen molar-refractivity contribution in [3.05, 3.63) is 90.5 Å². The second-order valence-corrected chi connectivity index (χ2v) is 7.64. The van der Waals surface area contributed by atoms with Gasteiger partial charge in [0.2, 0.25) is 5.91 Å². The van der Waals surface area contributed by atoms with Crippen molar-refractivity contribution < 1.29 is 28.7 Å². The highest BCUT2D eigenvalue weighted by molar-refractivity contribution is 6.23. The van der Waals surface area contributed by atoms with E-state index in [0.29, 0.717) is 11.4 Å². The smallest absolute Gasteiger partial charge is 0.276 e. The Morgan fingerprint density at radius 2 is 1.57 bits per heavy atom. The summed E-state index contributed by atoms with van der Waals surface area (Å²) in [6.07, 6.45) is -0.297. The lowest BCUT2D eigenvalue weighted by Crippen LogP contribution is -2.55. The van der Waals surface area contributed by atoms with Gasteiger partial charge in [-0.15, -0.1) is 0 Å².